The number of nitrogens with one attached hydrogen (secondary N) is 1. The van der Waals surface area contributed by atoms with Crippen LogP contribution in [-0.4, -0.2) is 22.1 Å². The lowest BCUT2D eigenvalue weighted by Crippen LogP contribution is -2.14. The summed E-state index contributed by atoms with van der Waals surface area (Å²) in [6, 6.07) is 8.80. The Bertz CT molecular complexity index is 726. The fourth-order valence-electron chi connectivity index (χ4n) is 1.88. The standard InChI is InChI=1S/C15H14N2O4/c1-8-10(3-2-4-12(8)16)14(19)17-9-5-6-13(18)11(7-9)15(20)21/h2-7,18H,16H2,1H3,(H,17,19)(H,20,21). The minimum atomic E-state index is -1.27. The van der Waals surface area contributed by atoms with Crippen molar-refractivity contribution in [1.82, 2.24) is 0 Å². The SMILES string of the molecule is Cc1c(N)cccc1C(=O)Nc1ccc(O)c(C(=O)O)c1. The van der Waals surface area contributed by atoms with E-state index in [1.165, 1.54) is 18.2 Å². The van der Waals surface area contributed by atoms with E-state index in [1.807, 2.05) is 0 Å². The molecule has 2 rings (SSSR count). The quantitative estimate of drug-likeness (QED) is 0.510. The Morgan fingerprint density at radius 2 is 1.86 bits per heavy atom. The van der Waals surface area contributed by atoms with E-state index in [-0.39, 0.29) is 17.0 Å². The highest BCUT2D eigenvalue weighted by Gasteiger charge is 2.14. The van der Waals surface area contributed by atoms with Gasteiger partial charge in [-0.3, -0.25) is 4.79 Å². The molecule has 0 atom stereocenters. The monoisotopic (exact) mass is 286 g/mol. The van der Waals surface area contributed by atoms with Crippen molar-refractivity contribution in [3.8, 4) is 5.75 Å². The number of hydrogen-bond acceptors (Lipinski definition) is 4. The normalized spacial score (nSPS) is 10.1. The molecule has 6 heteroatoms. The van der Waals surface area contributed by atoms with E-state index in [0.29, 0.717) is 16.8 Å². The number of carboxylic acids is 1. The van der Waals surface area contributed by atoms with Gasteiger partial charge in [-0.05, 0) is 42.8 Å². The van der Waals surface area contributed by atoms with Gasteiger partial charge >= 0.3 is 5.97 Å². The Morgan fingerprint density at radius 1 is 1.14 bits per heavy atom. The van der Waals surface area contributed by atoms with Crippen LogP contribution in [0.4, 0.5) is 11.4 Å². The molecule has 0 bridgehead atoms. The van der Waals surface area contributed by atoms with E-state index in [1.54, 1.807) is 25.1 Å². The van der Waals surface area contributed by atoms with Gasteiger partial charge in [0.05, 0.1) is 0 Å². The highest BCUT2D eigenvalue weighted by Crippen LogP contribution is 2.23. The molecule has 0 aliphatic carbocycles. The third kappa shape index (κ3) is 2.94. The number of anilines is 2. The Labute approximate surface area is 120 Å². The number of aromatic carboxylic acids is 1. The van der Waals surface area contributed by atoms with Crippen LogP contribution in [-0.2, 0) is 0 Å². The van der Waals surface area contributed by atoms with Crippen LogP contribution in [0.5, 0.6) is 5.75 Å². The fourth-order valence-corrected chi connectivity index (χ4v) is 1.88. The number of nitrogens with two attached hydrogens (primary N) is 1. The lowest BCUT2D eigenvalue weighted by Gasteiger charge is -2.10. The molecule has 2 aromatic carbocycles. The smallest absolute Gasteiger partial charge is 0.339 e. The summed E-state index contributed by atoms with van der Waals surface area (Å²) in [5, 5.41) is 20.9. The number of carbonyl (C=O) groups is 2. The van der Waals surface area contributed by atoms with Gasteiger partial charge in [-0.25, -0.2) is 4.79 Å². The topological polar surface area (TPSA) is 113 Å². The zero-order chi connectivity index (χ0) is 15.6. The van der Waals surface area contributed by atoms with Gasteiger partial charge in [-0.2, -0.15) is 0 Å². The number of carboxylic acid groups (broad SMARTS) is 1. The van der Waals surface area contributed by atoms with Crippen molar-refractivity contribution >= 4 is 23.3 Å². The van der Waals surface area contributed by atoms with Gasteiger partial charge in [0.2, 0.25) is 0 Å². The molecule has 6 nitrogen and oxygen atoms in total. The van der Waals surface area contributed by atoms with Gasteiger partial charge in [0.25, 0.3) is 5.91 Å². The maximum absolute atomic E-state index is 12.2. The van der Waals surface area contributed by atoms with E-state index in [9.17, 15) is 14.7 Å². The number of aromatic hydroxyl groups is 1. The molecule has 0 aliphatic rings. The molecule has 0 aromatic heterocycles. The number of nitrogen functional groups attached to an aromatic ring is 1. The van der Waals surface area contributed by atoms with Gasteiger partial charge in [-0.15, -0.1) is 0 Å². The zero-order valence-corrected chi connectivity index (χ0v) is 11.3. The highest BCUT2D eigenvalue weighted by molar-refractivity contribution is 6.06. The van der Waals surface area contributed by atoms with E-state index >= 15 is 0 Å². The van der Waals surface area contributed by atoms with Crippen molar-refractivity contribution in [3.63, 3.8) is 0 Å². The molecule has 5 N–H and O–H groups in total. The summed E-state index contributed by atoms with van der Waals surface area (Å²) < 4.78 is 0. The molecule has 0 heterocycles. The molecule has 0 fully saturated rings. The average Bonchev–Trinajstić information content (AvgIpc) is 2.43. The number of carbonyl (C=O) groups excluding carboxylic acids is 1. The van der Waals surface area contributed by atoms with E-state index < -0.39 is 11.9 Å². The fraction of sp³-hybridized carbons (Fsp3) is 0.0667. The number of amides is 1. The zero-order valence-electron chi connectivity index (χ0n) is 11.3. The summed E-state index contributed by atoms with van der Waals surface area (Å²) in [5.74, 6) is -2.04. The molecule has 2 aromatic rings. The molecule has 108 valence electrons. The molecule has 21 heavy (non-hydrogen) atoms. The largest absolute Gasteiger partial charge is 0.507 e. The minimum absolute atomic E-state index is 0.275. The summed E-state index contributed by atoms with van der Waals surface area (Å²) in [7, 11) is 0. The molecule has 0 saturated heterocycles. The van der Waals surface area contributed by atoms with Gasteiger partial charge in [0.15, 0.2) is 0 Å². The first-order chi connectivity index (χ1) is 9.90. The number of rotatable bonds is 3. The van der Waals surface area contributed by atoms with Crippen LogP contribution < -0.4 is 11.1 Å². The second-order valence-electron chi connectivity index (χ2n) is 4.51. The molecule has 0 radical (unpaired) electrons. The van der Waals surface area contributed by atoms with E-state index in [0.717, 1.165) is 0 Å². The Hall–Kier alpha value is -3.02. The van der Waals surface area contributed by atoms with Gasteiger partial charge in [-0.1, -0.05) is 6.07 Å². The first-order valence-electron chi connectivity index (χ1n) is 6.13. The lowest BCUT2D eigenvalue weighted by molar-refractivity contribution is 0.0693. The van der Waals surface area contributed by atoms with Crippen LogP contribution in [0.25, 0.3) is 0 Å². The minimum Gasteiger partial charge on any atom is -0.507 e. The van der Waals surface area contributed by atoms with Crippen molar-refractivity contribution in [2.24, 2.45) is 0 Å². The third-order valence-electron chi connectivity index (χ3n) is 3.11. The van der Waals surface area contributed by atoms with Crippen LogP contribution in [0.1, 0.15) is 26.3 Å². The second-order valence-corrected chi connectivity index (χ2v) is 4.51. The summed E-state index contributed by atoms with van der Waals surface area (Å²) in [5.41, 5.74) is 7.29. The second kappa shape index (κ2) is 5.54. The molecule has 1 amide bonds. The first kappa shape index (κ1) is 14.4. The van der Waals surface area contributed by atoms with Crippen LogP contribution >= 0.6 is 0 Å². The van der Waals surface area contributed by atoms with Gasteiger partial charge in [0.1, 0.15) is 11.3 Å². The van der Waals surface area contributed by atoms with Crippen LogP contribution in [0.3, 0.4) is 0 Å². The molecule has 0 saturated carbocycles. The Morgan fingerprint density at radius 3 is 2.52 bits per heavy atom. The van der Waals surface area contributed by atoms with Crippen LogP contribution in [0.15, 0.2) is 36.4 Å². The van der Waals surface area contributed by atoms with Crippen molar-refractivity contribution < 1.29 is 19.8 Å². The van der Waals surface area contributed by atoms with Crippen molar-refractivity contribution in [1.29, 1.82) is 0 Å². The molecule has 0 spiro atoms. The summed E-state index contributed by atoms with van der Waals surface area (Å²) in [4.78, 5) is 23.1. The molecule has 0 unspecified atom stereocenters. The number of phenols is 1. The maximum Gasteiger partial charge on any atom is 0.339 e. The molecular formula is C15H14N2O4. The third-order valence-corrected chi connectivity index (χ3v) is 3.11. The molecule has 0 aliphatic heterocycles. The number of hydrogen-bond donors (Lipinski definition) is 4. The van der Waals surface area contributed by atoms with Gasteiger partial charge in [0, 0.05) is 16.9 Å². The maximum atomic E-state index is 12.2. The first-order valence-corrected chi connectivity index (χ1v) is 6.13. The summed E-state index contributed by atoms with van der Waals surface area (Å²) >= 11 is 0. The van der Waals surface area contributed by atoms with Crippen LogP contribution in [0.2, 0.25) is 0 Å². The predicted molar refractivity (Wildman–Crippen MR) is 78.6 cm³/mol. The van der Waals surface area contributed by atoms with E-state index in [4.69, 9.17) is 10.8 Å². The summed E-state index contributed by atoms with van der Waals surface area (Å²) in [6.45, 7) is 1.73. The number of benzene rings is 2. The van der Waals surface area contributed by atoms with Crippen molar-refractivity contribution in [2.75, 3.05) is 11.1 Å². The average molecular weight is 286 g/mol. The molecular weight excluding hydrogens is 272 g/mol. The van der Waals surface area contributed by atoms with Gasteiger partial charge < -0.3 is 21.3 Å². The lowest BCUT2D eigenvalue weighted by atomic mass is 10.1. The van der Waals surface area contributed by atoms with Crippen LogP contribution in [0, 0.1) is 6.92 Å². The Balaban J connectivity index is 2.30. The van der Waals surface area contributed by atoms with Crippen molar-refractivity contribution in [3.05, 3.63) is 53.1 Å². The van der Waals surface area contributed by atoms with E-state index in [2.05, 4.69) is 5.32 Å². The van der Waals surface area contributed by atoms with Crippen molar-refractivity contribution in [2.45, 2.75) is 6.92 Å². The highest BCUT2D eigenvalue weighted by atomic mass is 16.4. The predicted octanol–water partition coefficient (Wildman–Crippen LogP) is 2.23. The summed E-state index contributed by atoms with van der Waals surface area (Å²) in [6.07, 6.45) is 0. The Kier molecular flexibility index (Phi) is 3.80.